The summed E-state index contributed by atoms with van der Waals surface area (Å²) in [5.74, 6) is 1.50. The highest BCUT2D eigenvalue weighted by molar-refractivity contribution is 7.80. The van der Waals surface area contributed by atoms with Gasteiger partial charge in [0.1, 0.15) is 0 Å². The van der Waals surface area contributed by atoms with E-state index in [0.29, 0.717) is 28.9 Å². The second kappa shape index (κ2) is 10.7. The van der Waals surface area contributed by atoms with Gasteiger partial charge in [0.15, 0.2) is 16.6 Å². The predicted octanol–water partition coefficient (Wildman–Crippen LogP) is 6.53. The van der Waals surface area contributed by atoms with Crippen LogP contribution in [0.2, 0.25) is 5.02 Å². The maximum absolute atomic E-state index is 13.2. The number of rotatable bonds is 7. The number of nitrogens with zero attached hydrogens (tertiary/aromatic N) is 1. The number of hydrogen-bond acceptors (Lipinski definition) is 4. The van der Waals surface area contributed by atoms with Crippen molar-refractivity contribution in [1.82, 2.24) is 4.90 Å². The number of ether oxygens (including phenoxy) is 3. The Morgan fingerprint density at radius 1 is 1.06 bits per heavy atom. The molecule has 1 N–H and O–H groups in total. The van der Waals surface area contributed by atoms with Gasteiger partial charge in [-0.2, -0.15) is 13.2 Å². The second-order valence-corrected chi connectivity index (χ2v) is 8.48. The van der Waals surface area contributed by atoms with Crippen LogP contribution in [-0.2, 0) is 12.7 Å². The zero-order valence-corrected chi connectivity index (χ0v) is 20.2. The first-order valence-electron chi connectivity index (χ1n) is 10.4. The Balaban J connectivity index is 1.93. The van der Waals surface area contributed by atoms with Crippen LogP contribution in [-0.4, -0.2) is 37.4 Å². The molecule has 0 atom stereocenters. The molecule has 0 saturated heterocycles. The Bertz CT molecular complexity index is 998. The zero-order valence-electron chi connectivity index (χ0n) is 18.6. The van der Waals surface area contributed by atoms with Crippen molar-refractivity contribution in [1.29, 1.82) is 0 Å². The van der Waals surface area contributed by atoms with Gasteiger partial charge in [-0.15, -0.1) is 0 Å². The molecule has 0 spiro atoms. The maximum Gasteiger partial charge on any atom is 0.416 e. The van der Waals surface area contributed by atoms with Crippen molar-refractivity contribution >= 4 is 34.6 Å². The smallest absolute Gasteiger partial charge is 0.416 e. The lowest BCUT2D eigenvalue weighted by molar-refractivity contribution is -0.137. The molecule has 0 bridgehead atoms. The summed E-state index contributed by atoms with van der Waals surface area (Å²) in [6.45, 7) is 0.372. The van der Waals surface area contributed by atoms with Gasteiger partial charge in [0, 0.05) is 18.2 Å². The van der Waals surface area contributed by atoms with Crippen LogP contribution in [0.3, 0.4) is 0 Å². The molecule has 2 aromatic rings. The summed E-state index contributed by atoms with van der Waals surface area (Å²) in [4.78, 5) is 1.97. The summed E-state index contributed by atoms with van der Waals surface area (Å²) in [6, 6.07) is 6.91. The first kappa shape index (κ1) is 25.2. The molecular weight excluding hydrogens is 477 g/mol. The predicted molar refractivity (Wildman–Crippen MR) is 127 cm³/mol. The lowest BCUT2D eigenvalue weighted by Gasteiger charge is -2.32. The molecule has 0 unspecified atom stereocenters. The van der Waals surface area contributed by atoms with Gasteiger partial charge in [0.2, 0.25) is 5.75 Å². The Labute approximate surface area is 201 Å². The fraction of sp³-hybridized carbons (Fsp3) is 0.435. The highest BCUT2D eigenvalue weighted by Crippen LogP contribution is 2.41. The molecule has 1 saturated carbocycles. The average molecular weight is 503 g/mol. The molecule has 0 amide bonds. The Morgan fingerprint density at radius 3 is 2.30 bits per heavy atom. The minimum atomic E-state index is -4.49. The van der Waals surface area contributed by atoms with E-state index in [1.54, 1.807) is 20.3 Å². The topological polar surface area (TPSA) is 43.0 Å². The van der Waals surface area contributed by atoms with E-state index in [1.807, 2.05) is 11.0 Å². The Kier molecular flexibility index (Phi) is 8.18. The number of alkyl halides is 3. The molecule has 0 radical (unpaired) electrons. The SMILES string of the molecule is COc1ccc(CN(C(=S)Nc2cc(C(F)(F)F)ccc2Cl)C2CCCC2)c(OC)c1OC. The van der Waals surface area contributed by atoms with Crippen LogP contribution < -0.4 is 19.5 Å². The van der Waals surface area contributed by atoms with Crippen molar-refractivity contribution in [3.8, 4) is 17.2 Å². The normalized spacial score (nSPS) is 14.2. The molecule has 180 valence electrons. The van der Waals surface area contributed by atoms with Gasteiger partial charge in [-0.1, -0.05) is 24.4 Å². The summed E-state index contributed by atoms with van der Waals surface area (Å²) in [7, 11) is 4.61. The summed E-state index contributed by atoms with van der Waals surface area (Å²) in [5, 5.41) is 3.38. The van der Waals surface area contributed by atoms with Crippen molar-refractivity contribution in [2.75, 3.05) is 26.6 Å². The van der Waals surface area contributed by atoms with Gasteiger partial charge in [-0.05, 0) is 55.4 Å². The third-order valence-electron chi connectivity index (χ3n) is 5.69. The lowest BCUT2D eigenvalue weighted by atomic mass is 10.1. The zero-order chi connectivity index (χ0) is 24.2. The number of halogens is 4. The van der Waals surface area contributed by atoms with Gasteiger partial charge in [-0.25, -0.2) is 0 Å². The van der Waals surface area contributed by atoms with E-state index < -0.39 is 11.7 Å². The third kappa shape index (κ3) is 5.76. The molecule has 0 heterocycles. The fourth-order valence-corrected chi connectivity index (χ4v) is 4.53. The van der Waals surface area contributed by atoms with E-state index in [0.717, 1.165) is 43.4 Å². The van der Waals surface area contributed by atoms with Crippen LogP contribution in [0.15, 0.2) is 30.3 Å². The van der Waals surface area contributed by atoms with Crippen molar-refractivity contribution in [2.45, 2.75) is 44.4 Å². The van der Waals surface area contributed by atoms with Crippen LogP contribution in [0.5, 0.6) is 17.2 Å². The van der Waals surface area contributed by atoms with E-state index in [-0.39, 0.29) is 16.8 Å². The molecule has 10 heteroatoms. The van der Waals surface area contributed by atoms with Crippen LogP contribution in [0.4, 0.5) is 18.9 Å². The highest BCUT2D eigenvalue weighted by atomic mass is 35.5. The maximum atomic E-state index is 13.2. The molecular formula is C23H26ClF3N2O3S. The standard InChI is InChI=1S/C23H26ClF3N2O3S/c1-30-19-11-8-14(20(31-2)21(19)32-3)13-29(16-6-4-5-7-16)22(33)28-18-12-15(23(25,26)27)9-10-17(18)24/h8-12,16H,4-7,13H2,1-3H3,(H,28,33). The van der Waals surface area contributed by atoms with Gasteiger partial charge in [0.25, 0.3) is 0 Å². The molecule has 2 aromatic carbocycles. The number of hydrogen-bond donors (Lipinski definition) is 1. The first-order valence-corrected chi connectivity index (χ1v) is 11.2. The van der Waals surface area contributed by atoms with Crippen LogP contribution in [0.25, 0.3) is 0 Å². The quantitative estimate of drug-likeness (QED) is 0.434. The second-order valence-electron chi connectivity index (χ2n) is 7.68. The Hall–Kier alpha value is -2.39. The van der Waals surface area contributed by atoms with Gasteiger partial charge >= 0.3 is 6.18 Å². The highest BCUT2D eigenvalue weighted by Gasteiger charge is 2.32. The molecule has 0 aliphatic heterocycles. The fourth-order valence-electron chi connectivity index (χ4n) is 4.04. The summed E-state index contributed by atoms with van der Waals surface area (Å²) in [6.07, 6.45) is -0.531. The summed E-state index contributed by atoms with van der Waals surface area (Å²) >= 11 is 11.8. The molecule has 5 nitrogen and oxygen atoms in total. The summed E-state index contributed by atoms with van der Waals surface area (Å²) in [5.41, 5.74) is 0.117. The van der Waals surface area contributed by atoms with Gasteiger partial charge < -0.3 is 24.4 Å². The number of anilines is 1. The van der Waals surface area contributed by atoms with Crippen molar-refractivity contribution in [3.63, 3.8) is 0 Å². The van der Waals surface area contributed by atoms with Crippen LogP contribution in [0, 0.1) is 0 Å². The average Bonchev–Trinajstić information content (AvgIpc) is 3.31. The molecule has 3 rings (SSSR count). The molecule has 33 heavy (non-hydrogen) atoms. The number of benzene rings is 2. The van der Waals surface area contributed by atoms with Crippen LogP contribution >= 0.6 is 23.8 Å². The van der Waals surface area contributed by atoms with E-state index in [9.17, 15) is 13.2 Å². The number of methoxy groups -OCH3 is 3. The van der Waals surface area contributed by atoms with Gasteiger partial charge in [-0.3, -0.25) is 0 Å². The molecule has 0 aromatic heterocycles. The lowest BCUT2D eigenvalue weighted by Crippen LogP contribution is -2.41. The van der Waals surface area contributed by atoms with Crippen molar-refractivity contribution in [2.24, 2.45) is 0 Å². The van der Waals surface area contributed by atoms with Crippen molar-refractivity contribution < 1.29 is 27.4 Å². The van der Waals surface area contributed by atoms with E-state index in [2.05, 4.69) is 5.32 Å². The minimum Gasteiger partial charge on any atom is -0.493 e. The summed E-state index contributed by atoms with van der Waals surface area (Å²) < 4.78 is 56.0. The Morgan fingerprint density at radius 2 is 1.73 bits per heavy atom. The monoisotopic (exact) mass is 502 g/mol. The number of nitrogens with one attached hydrogen (secondary N) is 1. The number of thiocarbonyl (C=S) groups is 1. The molecule has 1 aliphatic rings. The van der Waals surface area contributed by atoms with E-state index >= 15 is 0 Å². The van der Waals surface area contributed by atoms with E-state index in [4.69, 9.17) is 38.0 Å². The van der Waals surface area contributed by atoms with Crippen molar-refractivity contribution in [3.05, 3.63) is 46.5 Å². The minimum absolute atomic E-state index is 0.110. The third-order valence-corrected chi connectivity index (χ3v) is 6.35. The van der Waals surface area contributed by atoms with E-state index in [1.165, 1.54) is 13.2 Å². The largest absolute Gasteiger partial charge is 0.493 e. The molecule has 1 fully saturated rings. The first-order chi connectivity index (χ1) is 15.7. The van der Waals surface area contributed by atoms with Crippen LogP contribution in [0.1, 0.15) is 36.8 Å². The molecule has 1 aliphatic carbocycles. The van der Waals surface area contributed by atoms with Gasteiger partial charge in [0.05, 0.1) is 37.6 Å².